The number of benzene rings is 3. The Kier molecular flexibility index (Phi) is 8.61. The Morgan fingerprint density at radius 1 is 0.781 bits per heavy atom. The van der Waals surface area contributed by atoms with Gasteiger partial charge in [0, 0.05) is 25.4 Å². The molecule has 0 spiro atoms. The molecule has 1 unspecified atom stereocenters. The molecule has 32 heavy (non-hydrogen) atoms. The van der Waals surface area contributed by atoms with Gasteiger partial charge in [0.2, 0.25) is 11.8 Å². The van der Waals surface area contributed by atoms with E-state index in [-0.39, 0.29) is 17.7 Å². The van der Waals surface area contributed by atoms with Crippen molar-refractivity contribution in [3.8, 4) is 0 Å². The number of carbonyl (C=O) groups is 2. The fraction of sp³-hybridized carbons (Fsp3) is 0.286. The second-order valence-corrected chi connectivity index (χ2v) is 7.90. The van der Waals surface area contributed by atoms with E-state index in [9.17, 15) is 9.59 Å². The van der Waals surface area contributed by atoms with Crippen LogP contribution in [0, 0.1) is 0 Å². The molecule has 3 aromatic rings. The SMILES string of the molecule is CCNC(=O)C(CC)N(Cc1ccccc1)C(=O)CC(c1ccccc1)c1ccccc1. The number of hydrogen-bond donors (Lipinski definition) is 1. The van der Waals surface area contributed by atoms with E-state index in [1.807, 2.05) is 80.6 Å². The van der Waals surface area contributed by atoms with Crippen molar-refractivity contribution in [2.75, 3.05) is 6.54 Å². The predicted octanol–water partition coefficient (Wildman–Crippen LogP) is 5.15. The summed E-state index contributed by atoms with van der Waals surface area (Å²) in [6, 6.07) is 29.6. The normalized spacial score (nSPS) is 11.7. The second kappa shape index (κ2) is 11.8. The highest BCUT2D eigenvalue weighted by atomic mass is 16.2. The summed E-state index contributed by atoms with van der Waals surface area (Å²) >= 11 is 0. The first-order valence-electron chi connectivity index (χ1n) is 11.3. The number of nitrogens with one attached hydrogen (secondary N) is 1. The van der Waals surface area contributed by atoms with Crippen LogP contribution in [0.3, 0.4) is 0 Å². The second-order valence-electron chi connectivity index (χ2n) is 7.90. The molecule has 4 heteroatoms. The molecule has 0 fully saturated rings. The highest BCUT2D eigenvalue weighted by Gasteiger charge is 2.30. The van der Waals surface area contributed by atoms with Gasteiger partial charge in [-0.05, 0) is 30.0 Å². The zero-order valence-corrected chi connectivity index (χ0v) is 18.9. The highest BCUT2D eigenvalue weighted by Crippen LogP contribution is 2.29. The molecule has 0 aliphatic heterocycles. The molecule has 0 aromatic heterocycles. The number of nitrogens with zero attached hydrogens (tertiary/aromatic N) is 1. The van der Waals surface area contributed by atoms with Crippen molar-refractivity contribution in [3.05, 3.63) is 108 Å². The van der Waals surface area contributed by atoms with Gasteiger partial charge in [0.25, 0.3) is 0 Å². The minimum absolute atomic E-state index is 0.0235. The summed E-state index contributed by atoms with van der Waals surface area (Å²) in [5.41, 5.74) is 3.20. The van der Waals surface area contributed by atoms with Crippen molar-refractivity contribution >= 4 is 11.8 Å². The summed E-state index contributed by atoms with van der Waals surface area (Å²) < 4.78 is 0. The first kappa shape index (κ1) is 23.3. The first-order valence-corrected chi connectivity index (χ1v) is 11.3. The maximum absolute atomic E-state index is 13.8. The molecule has 166 valence electrons. The molecular weight excluding hydrogens is 396 g/mol. The Labute approximate surface area is 191 Å². The maximum atomic E-state index is 13.8. The zero-order chi connectivity index (χ0) is 22.8. The molecule has 4 nitrogen and oxygen atoms in total. The van der Waals surface area contributed by atoms with E-state index in [1.165, 1.54) is 0 Å². The summed E-state index contributed by atoms with van der Waals surface area (Å²) in [5, 5.41) is 2.90. The fourth-order valence-electron chi connectivity index (χ4n) is 4.08. The molecule has 0 radical (unpaired) electrons. The summed E-state index contributed by atoms with van der Waals surface area (Å²) in [7, 11) is 0. The lowest BCUT2D eigenvalue weighted by Crippen LogP contribution is -2.49. The van der Waals surface area contributed by atoms with Gasteiger partial charge < -0.3 is 10.2 Å². The molecule has 0 bridgehead atoms. The van der Waals surface area contributed by atoms with Crippen molar-refractivity contribution in [2.45, 2.75) is 45.2 Å². The quantitative estimate of drug-likeness (QED) is 0.485. The average molecular weight is 429 g/mol. The Bertz CT molecular complexity index is 935. The average Bonchev–Trinajstić information content (AvgIpc) is 2.84. The molecule has 1 atom stereocenters. The van der Waals surface area contributed by atoms with Gasteiger partial charge in [0.1, 0.15) is 6.04 Å². The van der Waals surface area contributed by atoms with E-state index >= 15 is 0 Å². The topological polar surface area (TPSA) is 49.4 Å². The van der Waals surface area contributed by atoms with Crippen LogP contribution in [0.5, 0.6) is 0 Å². The smallest absolute Gasteiger partial charge is 0.242 e. The highest BCUT2D eigenvalue weighted by molar-refractivity contribution is 5.88. The van der Waals surface area contributed by atoms with Gasteiger partial charge in [-0.25, -0.2) is 0 Å². The largest absolute Gasteiger partial charge is 0.355 e. The summed E-state index contributed by atoms with van der Waals surface area (Å²) in [6.07, 6.45) is 0.864. The van der Waals surface area contributed by atoms with Crippen LogP contribution in [0.1, 0.15) is 49.3 Å². The lowest BCUT2D eigenvalue weighted by Gasteiger charge is -2.32. The standard InChI is InChI=1S/C28H32N2O2/c1-3-26(28(32)29-4-2)30(21-22-14-8-5-9-15-22)27(31)20-25(23-16-10-6-11-17-23)24-18-12-7-13-19-24/h5-19,25-26H,3-4,20-21H2,1-2H3,(H,29,32). The number of hydrogen-bond acceptors (Lipinski definition) is 2. The number of likely N-dealkylation sites (N-methyl/N-ethyl adjacent to an activating group) is 1. The summed E-state index contributed by atoms with van der Waals surface area (Å²) in [5.74, 6) is -0.199. The number of carbonyl (C=O) groups excluding carboxylic acids is 2. The lowest BCUT2D eigenvalue weighted by molar-refractivity contribution is -0.141. The van der Waals surface area contributed by atoms with E-state index < -0.39 is 6.04 Å². The van der Waals surface area contributed by atoms with Crippen molar-refractivity contribution in [1.29, 1.82) is 0 Å². The summed E-state index contributed by atoms with van der Waals surface area (Å²) in [6.45, 7) is 4.80. The molecule has 0 aliphatic carbocycles. The molecular formula is C28H32N2O2. The van der Waals surface area contributed by atoms with Crippen LogP contribution >= 0.6 is 0 Å². The maximum Gasteiger partial charge on any atom is 0.242 e. The molecule has 0 heterocycles. The zero-order valence-electron chi connectivity index (χ0n) is 18.9. The molecule has 0 aliphatic rings. The van der Waals surface area contributed by atoms with Gasteiger partial charge in [-0.3, -0.25) is 9.59 Å². The van der Waals surface area contributed by atoms with Gasteiger partial charge in [-0.2, -0.15) is 0 Å². The molecule has 1 N–H and O–H groups in total. The Morgan fingerprint density at radius 3 is 1.75 bits per heavy atom. The van der Waals surface area contributed by atoms with Crippen molar-refractivity contribution in [2.24, 2.45) is 0 Å². The minimum atomic E-state index is -0.505. The van der Waals surface area contributed by atoms with Crippen LogP contribution < -0.4 is 5.32 Å². The van der Waals surface area contributed by atoms with Gasteiger partial charge in [0.05, 0.1) is 0 Å². The van der Waals surface area contributed by atoms with Gasteiger partial charge in [-0.1, -0.05) is 97.9 Å². The summed E-state index contributed by atoms with van der Waals surface area (Å²) in [4.78, 5) is 28.3. The van der Waals surface area contributed by atoms with Crippen LogP contribution in [-0.2, 0) is 16.1 Å². The van der Waals surface area contributed by atoms with E-state index in [1.54, 1.807) is 4.90 Å². The van der Waals surface area contributed by atoms with Crippen molar-refractivity contribution in [1.82, 2.24) is 10.2 Å². The third kappa shape index (κ3) is 6.07. The third-order valence-corrected chi connectivity index (χ3v) is 5.72. The lowest BCUT2D eigenvalue weighted by atomic mass is 9.88. The molecule has 3 aromatic carbocycles. The molecule has 3 rings (SSSR count). The Balaban J connectivity index is 1.93. The van der Waals surface area contributed by atoms with Crippen LogP contribution in [-0.4, -0.2) is 29.3 Å². The Hall–Kier alpha value is -3.40. The van der Waals surface area contributed by atoms with Crippen LogP contribution in [0.25, 0.3) is 0 Å². The monoisotopic (exact) mass is 428 g/mol. The van der Waals surface area contributed by atoms with E-state index in [4.69, 9.17) is 0 Å². The van der Waals surface area contributed by atoms with E-state index in [0.29, 0.717) is 25.9 Å². The third-order valence-electron chi connectivity index (χ3n) is 5.72. The van der Waals surface area contributed by atoms with Crippen LogP contribution in [0.2, 0.25) is 0 Å². The van der Waals surface area contributed by atoms with E-state index in [0.717, 1.165) is 16.7 Å². The van der Waals surface area contributed by atoms with Crippen molar-refractivity contribution < 1.29 is 9.59 Å². The molecule has 2 amide bonds. The fourth-order valence-corrected chi connectivity index (χ4v) is 4.08. The van der Waals surface area contributed by atoms with Gasteiger partial charge in [0.15, 0.2) is 0 Å². The van der Waals surface area contributed by atoms with Crippen LogP contribution in [0.15, 0.2) is 91.0 Å². The predicted molar refractivity (Wildman–Crippen MR) is 129 cm³/mol. The Morgan fingerprint density at radius 2 is 1.28 bits per heavy atom. The van der Waals surface area contributed by atoms with Crippen LogP contribution in [0.4, 0.5) is 0 Å². The number of amides is 2. The van der Waals surface area contributed by atoms with Gasteiger partial charge >= 0.3 is 0 Å². The first-order chi connectivity index (χ1) is 15.6. The van der Waals surface area contributed by atoms with Crippen molar-refractivity contribution in [3.63, 3.8) is 0 Å². The van der Waals surface area contributed by atoms with Gasteiger partial charge in [-0.15, -0.1) is 0 Å². The number of rotatable bonds is 10. The van der Waals surface area contributed by atoms with E-state index in [2.05, 4.69) is 29.6 Å². The molecule has 0 saturated carbocycles. The minimum Gasteiger partial charge on any atom is -0.355 e. The molecule has 0 saturated heterocycles.